The molecular formula is C19H18BrN5O. The van der Waals surface area contributed by atoms with Crippen molar-refractivity contribution in [3.8, 4) is 11.5 Å². The molecule has 132 valence electrons. The van der Waals surface area contributed by atoms with Gasteiger partial charge in [-0.2, -0.15) is 5.10 Å². The van der Waals surface area contributed by atoms with Crippen molar-refractivity contribution in [3.05, 3.63) is 40.9 Å². The number of nitrogens with one attached hydrogen (secondary N) is 2. The van der Waals surface area contributed by atoms with Gasteiger partial charge in [-0.15, -0.1) is 0 Å². The van der Waals surface area contributed by atoms with E-state index in [1.54, 1.807) is 0 Å². The first kappa shape index (κ1) is 15.8. The number of piperidine rings is 1. The smallest absolute Gasteiger partial charge is 0.159 e. The largest absolute Gasteiger partial charge is 0.391 e. The van der Waals surface area contributed by atoms with Crippen LogP contribution in [0.2, 0.25) is 0 Å². The van der Waals surface area contributed by atoms with E-state index < -0.39 is 0 Å². The highest BCUT2D eigenvalue weighted by Gasteiger charge is 2.19. The van der Waals surface area contributed by atoms with Crippen LogP contribution in [0.25, 0.3) is 33.5 Å². The summed E-state index contributed by atoms with van der Waals surface area (Å²) in [5, 5.41) is 18.5. The van der Waals surface area contributed by atoms with Crippen molar-refractivity contribution in [1.82, 2.24) is 20.2 Å². The van der Waals surface area contributed by atoms with Crippen molar-refractivity contribution in [3.63, 3.8) is 0 Å². The summed E-state index contributed by atoms with van der Waals surface area (Å²) in [5.74, 6) is 0.750. The summed E-state index contributed by atoms with van der Waals surface area (Å²) in [6.07, 6.45) is 1.65. The minimum Gasteiger partial charge on any atom is -0.391 e. The Balaban J connectivity index is 1.56. The number of aromatic amines is 2. The summed E-state index contributed by atoms with van der Waals surface area (Å²) in [7, 11) is 0. The van der Waals surface area contributed by atoms with Gasteiger partial charge >= 0.3 is 0 Å². The lowest BCUT2D eigenvalue weighted by atomic mass is 10.1. The average molecular weight is 412 g/mol. The molecule has 1 saturated heterocycles. The van der Waals surface area contributed by atoms with E-state index in [-0.39, 0.29) is 6.10 Å². The summed E-state index contributed by atoms with van der Waals surface area (Å²) in [6, 6.07) is 12.2. The quantitative estimate of drug-likeness (QED) is 0.468. The lowest BCUT2D eigenvalue weighted by molar-refractivity contribution is 0.154. The van der Waals surface area contributed by atoms with Crippen molar-refractivity contribution in [2.24, 2.45) is 0 Å². The Hall–Kier alpha value is -2.38. The molecule has 3 heterocycles. The Morgan fingerprint density at radius 1 is 1.15 bits per heavy atom. The number of fused-ring (bicyclic) bond motifs is 2. The fourth-order valence-corrected chi connectivity index (χ4v) is 4.02. The number of nitrogens with zero attached hydrogens (tertiary/aromatic N) is 3. The molecule has 1 fully saturated rings. The fraction of sp³-hybridized carbons (Fsp3) is 0.263. The summed E-state index contributed by atoms with van der Waals surface area (Å²) < 4.78 is 1.01. The molecule has 7 heteroatoms. The van der Waals surface area contributed by atoms with Crippen LogP contribution in [0.5, 0.6) is 0 Å². The van der Waals surface area contributed by atoms with Crippen molar-refractivity contribution >= 4 is 43.6 Å². The highest BCUT2D eigenvalue weighted by Crippen LogP contribution is 2.30. The minimum absolute atomic E-state index is 0.245. The first-order valence-corrected chi connectivity index (χ1v) is 9.53. The van der Waals surface area contributed by atoms with Crippen LogP contribution in [-0.4, -0.2) is 44.5 Å². The van der Waals surface area contributed by atoms with E-state index in [2.05, 4.69) is 48.1 Å². The number of aromatic nitrogens is 4. The lowest BCUT2D eigenvalue weighted by Crippen LogP contribution is -2.38. The first-order valence-electron chi connectivity index (χ1n) is 8.74. The van der Waals surface area contributed by atoms with Crippen LogP contribution in [0, 0.1) is 0 Å². The molecule has 2 aromatic heterocycles. The lowest BCUT2D eigenvalue weighted by Gasteiger charge is -2.31. The van der Waals surface area contributed by atoms with E-state index in [1.165, 1.54) is 0 Å². The number of aliphatic hydroxyl groups is 1. The number of H-pyrrole nitrogens is 2. The molecule has 1 aliphatic heterocycles. The van der Waals surface area contributed by atoms with Crippen LogP contribution in [0.4, 0.5) is 5.69 Å². The van der Waals surface area contributed by atoms with Gasteiger partial charge in [0.15, 0.2) is 5.82 Å². The van der Waals surface area contributed by atoms with Gasteiger partial charge < -0.3 is 15.0 Å². The maximum atomic E-state index is 9.93. The zero-order valence-electron chi connectivity index (χ0n) is 14.0. The predicted molar refractivity (Wildman–Crippen MR) is 106 cm³/mol. The van der Waals surface area contributed by atoms with Crippen LogP contribution < -0.4 is 4.90 Å². The molecule has 0 spiro atoms. The molecule has 5 rings (SSSR count). The molecule has 1 unspecified atom stereocenters. The van der Waals surface area contributed by atoms with E-state index >= 15 is 0 Å². The molecule has 1 aliphatic rings. The molecule has 6 nitrogen and oxygen atoms in total. The first-order chi connectivity index (χ1) is 12.7. The third-order valence-electron chi connectivity index (χ3n) is 4.98. The topological polar surface area (TPSA) is 80.8 Å². The maximum Gasteiger partial charge on any atom is 0.159 e. The van der Waals surface area contributed by atoms with E-state index in [4.69, 9.17) is 4.98 Å². The standard InChI is InChI=1S/C19H18BrN5O/c20-11-3-5-15-14(8-11)18(24-23-15)19-21-16-6-4-12(9-17(16)22-19)25-7-1-2-13(26)10-25/h3-6,8-9,13,26H,1-2,7,10H2,(H,21,22)(H,23,24). The predicted octanol–water partition coefficient (Wildman–Crippen LogP) is 3.83. The Morgan fingerprint density at radius 3 is 2.96 bits per heavy atom. The van der Waals surface area contributed by atoms with Crippen LogP contribution in [0.15, 0.2) is 40.9 Å². The van der Waals surface area contributed by atoms with Crippen LogP contribution >= 0.6 is 15.9 Å². The van der Waals surface area contributed by atoms with Gasteiger partial charge in [0.25, 0.3) is 0 Å². The van der Waals surface area contributed by atoms with Crippen LogP contribution in [0.3, 0.4) is 0 Å². The van der Waals surface area contributed by atoms with Crippen LogP contribution in [0.1, 0.15) is 12.8 Å². The van der Waals surface area contributed by atoms with Gasteiger partial charge in [-0.05, 0) is 49.2 Å². The third kappa shape index (κ3) is 2.68. The molecule has 0 radical (unpaired) electrons. The monoisotopic (exact) mass is 411 g/mol. The van der Waals surface area contributed by atoms with Crippen molar-refractivity contribution in [2.75, 3.05) is 18.0 Å². The maximum absolute atomic E-state index is 9.93. The minimum atomic E-state index is -0.245. The summed E-state index contributed by atoms with van der Waals surface area (Å²) in [4.78, 5) is 10.3. The Morgan fingerprint density at radius 2 is 2.08 bits per heavy atom. The Labute approximate surface area is 158 Å². The second-order valence-electron chi connectivity index (χ2n) is 6.79. The zero-order valence-corrected chi connectivity index (χ0v) is 15.6. The van der Waals surface area contributed by atoms with Crippen LogP contribution in [-0.2, 0) is 0 Å². The molecule has 2 aromatic carbocycles. The molecule has 0 amide bonds. The molecule has 0 saturated carbocycles. The van der Waals surface area contributed by atoms with E-state index in [9.17, 15) is 5.11 Å². The summed E-state index contributed by atoms with van der Waals surface area (Å²) in [5.41, 5.74) is 4.79. The molecular weight excluding hydrogens is 394 g/mol. The Kier molecular flexibility index (Phi) is 3.72. The number of imidazole rings is 1. The van der Waals surface area contributed by atoms with E-state index in [1.807, 2.05) is 24.3 Å². The Bertz CT molecular complexity index is 1100. The van der Waals surface area contributed by atoms with Gasteiger partial charge in [-0.25, -0.2) is 4.98 Å². The van der Waals surface area contributed by atoms with E-state index in [0.717, 1.165) is 63.0 Å². The van der Waals surface area contributed by atoms with E-state index in [0.29, 0.717) is 6.54 Å². The number of hydrogen-bond acceptors (Lipinski definition) is 4. The molecule has 3 N–H and O–H groups in total. The normalized spacial score (nSPS) is 18.1. The summed E-state index contributed by atoms with van der Waals surface area (Å²) >= 11 is 3.52. The number of hydrogen-bond donors (Lipinski definition) is 3. The molecule has 4 aromatic rings. The number of aliphatic hydroxyl groups excluding tert-OH is 1. The molecule has 26 heavy (non-hydrogen) atoms. The van der Waals surface area contributed by atoms with Gasteiger partial charge in [0.2, 0.25) is 0 Å². The number of β-amino-alcohol motifs (C(OH)–C–C–N with tert-alkyl or cyclic N) is 1. The van der Waals surface area contributed by atoms with Gasteiger partial charge in [-0.1, -0.05) is 15.9 Å². The summed E-state index contributed by atoms with van der Waals surface area (Å²) in [6.45, 7) is 1.66. The van der Waals surface area contributed by atoms with Crippen molar-refractivity contribution in [1.29, 1.82) is 0 Å². The fourth-order valence-electron chi connectivity index (χ4n) is 3.66. The second kappa shape index (κ2) is 6.10. The zero-order chi connectivity index (χ0) is 17.7. The average Bonchev–Trinajstić information content (AvgIpc) is 3.24. The number of benzene rings is 2. The molecule has 1 atom stereocenters. The van der Waals surface area contributed by atoms with Gasteiger partial charge in [-0.3, -0.25) is 5.10 Å². The molecule has 0 bridgehead atoms. The van der Waals surface area contributed by atoms with Crippen molar-refractivity contribution in [2.45, 2.75) is 18.9 Å². The SMILES string of the molecule is OC1CCCN(c2ccc3nc(-c4n[nH]c5ccc(Br)cc45)[nH]c3c2)C1. The number of halogens is 1. The highest BCUT2D eigenvalue weighted by atomic mass is 79.9. The second-order valence-corrected chi connectivity index (χ2v) is 7.71. The number of rotatable bonds is 2. The van der Waals surface area contributed by atoms with Crippen molar-refractivity contribution < 1.29 is 5.11 Å². The highest BCUT2D eigenvalue weighted by molar-refractivity contribution is 9.10. The third-order valence-corrected chi connectivity index (χ3v) is 5.47. The van der Waals surface area contributed by atoms with Gasteiger partial charge in [0.1, 0.15) is 5.69 Å². The van der Waals surface area contributed by atoms with Gasteiger partial charge in [0.05, 0.1) is 22.7 Å². The number of anilines is 1. The molecule has 0 aliphatic carbocycles. The van der Waals surface area contributed by atoms with Gasteiger partial charge in [0, 0.05) is 28.6 Å².